The molecule has 8 heteroatoms. The molecule has 0 N–H and O–H groups in total. The molecule has 3 aromatic rings. The minimum Gasteiger partial charge on any atom is -0.338 e. The Kier molecular flexibility index (Phi) is 4.53. The van der Waals surface area contributed by atoms with Crippen LogP contribution in [-0.4, -0.2) is 43.8 Å². The Balaban J connectivity index is 1.62. The van der Waals surface area contributed by atoms with E-state index in [1.807, 2.05) is 12.1 Å². The van der Waals surface area contributed by atoms with Crippen LogP contribution in [-0.2, 0) is 12.8 Å². The molecule has 0 bridgehead atoms. The summed E-state index contributed by atoms with van der Waals surface area (Å²) in [5.74, 6) is -2.27. The Bertz CT molecular complexity index is 997. The molecule has 0 spiro atoms. The normalized spacial score (nSPS) is 13.8. The largest absolute Gasteiger partial charge is 0.338 e. The lowest BCUT2D eigenvalue weighted by Crippen LogP contribution is -2.34. The molecule has 4 heterocycles. The van der Waals surface area contributed by atoms with Gasteiger partial charge in [-0.05, 0) is 18.6 Å². The molecule has 0 atom stereocenters. The maximum atomic E-state index is 13.9. The molecule has 4 rings (SSSR count). The fraction of sp³-hybridized carbons (Fsp3) is 0.211. The molecule has 27 heavy (non-hydrogen) atoms. The summed E-state index contributed by atoms with van der Waals surface area (Å²) in [6, 6.07) is 4.56. The van der Waals surface area contributed by atoms with Gasteiger partial charge >= 0.3 is 0 Å². The van der Waals surface area contributed by atoms with Crippen molar-refractivity contribution in [1.29, 1.82) is 0 Å². The Hall–Kier alpha value is -3.29. The molecule has 3 aromatic heterocycles. The number of carbonyl (C=O) groups is 1. The first-order valence-corrected chi connectivity index (χ1v) is 8.47. The standard InChI is InChI=1S/C19H15F2N5O/c20-15-10-23-17(21)9-14(15)19(27)26-7-3-13-16(4-8-26)24-11-25-18(13)12-1-5-22-6-2-12/h1-2,5-6,9-11H,3-4,7-8H2. The number of pyridine rings is 2. The minimum atomic E-state index is -0.885. The van der Waals surface area contributed by atoms with Gasteiger partial charge in [-0.2, -0.15) is 4.39 Å². The van der Waals surface area contributed by atoms with Gasteiger partial charge in [0.1, 0.15) is 6.33 Å². The monoisotopic (exact) mass is 367 g/mol. The average Bonchev–Trinajstić information content (AvgIpc) is 2.92. The van der Waals surface area contributed by atoms with Gasteiger partial charge in [-0.1, -0.05) is 0 Å². The SMILES string of the molecule is O=C(c1cc(F)ncc1F)N1CCc2ncnc(-c3ccncc3)c2CC1. The molecule has 136 valence electrons. The van der Waals surface area contributed by atoms with E-state index >= 15 is 0 Å². The maximum Gasteiger partial charge on any atom is 0.257 e. The highest BCUT2D eigenvalue weighted by Crippen LogP contribution is 2.26. The van der Waals surface area contributed by atoms with Crippen molar-refractivity contribution in [3.63, 3.8) is 0 Å². The molecule has 0 saturated heterocycles. The second-order valence-electron chi connectivity index (χ2n) is 6.16. The molecule has 0 saturated carbocycles. The van der Waals surface area contributed by atoms with Crippen LogP contribution in [0.5, 0.6) is 0 Å². The summed E-state index contributed by atoms with van der Waals surface area (Å²) in [7, 11) is 0. The lowest BCUT2D eigenvalue weighted by molar-refractivity contribution is 0.0757. The highest BCUT2D eigenvalue weighted by Gasteiger charge is 2.25. The van der Waals surface area contributed by atoms with Gasteiger partial charge in [0.2, 0.25) is 5.95 Å². The number of rotatable bonds is 2. The van der Waals surface area contributed by atoms with Gasteiger partial charge in [-0.3, -0.25) is 9.78 Å². The molecule has 1 amide bonds. The van der Waals surface area contributed by atoms with E-state index in [0.717, 1.165) is 34.8 Å². The molecule has 0 aromatic carbocycles. The van der Waals surface area contributed by atoms with E-state index in [1.165, 1.54) is 11.2 Å². The number of nitrogens with zero attached hydrogens (tertiary/aromatic N) is 5. The van der Waals surface area contributed by atoms with Gasteiger partial charge in [0, 0.05) is 54.8 Å². The summed E-state index contributed by atoms with van der Waals surface area (Å²) in [6.45, 7) is 0.725. The maximum absolute atomic E-state index is 13.9. The first-order valence-electron chi connectivity index (χ1n) is 8.47. The Morgan fingerprint density at radius 1 is 1.04 bits per heavy atom. The molecule has 0 fully saturated rings. The van der Waals surface area contributed by atoms with Gasteiger partial charge in [0.05, 0.1) is 17.5 Å². The third kappa shape index (κ3) is 3.38. The van der Waals surface area contributed by atoms with E-state index in [2.05, 4.69) is 19.9 Å². The number of hydrogen-bond donors (Lipinski definition) is 0. The van der Waals surface area contributed by atoms with Crippen molar-refractivity contribution in [2.45, 2.75) is 12.8 Å². The van der Waals surface area contributed by atoms with Crippen molar-refractivity contribution >= 4 is 5.91 Å². The minimum absolute atomic E-state index is 0.311. The summed E-state index contributed by atoms with van der Waals surface area (Å²) in [5.41, 5.74) is 3.23. The highest BCUT2D eigenvalue weighted by atomic mass is 19.1. The molecule has 0 unspecified atom stereocenters. The van der Waals surface area contributed by atoms with E-state index in [9.17, 15) is 13.6 Å². The quantitative estimate of drug-likeness (QED) is 0.651. The molecule has 0 radical (unpaired) electrons. The Morgan fingerprint density at radius 3 is 2.63 bits per heavy atom. The number of amides is 1. The van der Waals surface area contributed by atoms with Gasteiger partial charge in [0.15, 0.2) is 5.82 Å². The summed E-state index contributed by atoms with van der Waals surface area (Å²) in [4.78, 5) is 30.2. The molecular weight excluding hydrogens is 352 g/mol. The highest BCUT2D eigenvalue weighted by molar-refractivity contribution is 5.94. The van der Waals surface area contributed by atoms with Crippen molar-refractivity contribution in [2.24, 2.45) is 0 Å². The van der Waals surface area contributed by atoms with Crippen molar-refractivity contribution in [3.8, 4) is 11.3 Å². The summed E-state index contributed by atoms with van der Waals surface area (Å²) in [6.07, 6.45) is 6.64. The van der Waals surface area contributed by atoms with Gasteiger partial charge in [-0.25, -0.2) is 19.3 Å². The van der Waals surface area contributed by atoms with E-state index in [1.54, 1.807) is 12.4 Å². The Labute approximate surface area is 153 Å². The zero-order chi connectivity index (χ0) is 18.8. The van der Waals surface area contributed by atoms with Crippen LogP contribution < -0.4 is 0 Å². The fourth-order valence-electron chi connectivity index (χ4n) is 3.24. The molecule has 6 nitrogen and oxygen atoms in total. The van der Waals surface area contributed by atoms with Crippen LogP contribution in [0.25, 0.3) is 11.3 Å². The van der Waals surface area contributed by atoms with Gasteiger partial charge < -0.3 is 4.90 Å². The number of fused-ring (bicyclic) bond motifs is 1. The Morgan fingerprint density at radius 2 is 1.81 bits per heavy atom. The van der Waals surface area contributed by atoms with Gasteiger partial charge in [-0.15, -0.1) is 0 Å². The van der Waals surface area contributed by atoms with Crippen molar-refractivity contribution < 1.29 is 13.6 Å². The van der Waals surface area contributed by atoms with E-state index in [4.69, 9.17) is 0 Å². The van der Waals surface area contributed by atoms with Crippen LogP contribution in [0.1, 0.15) is 21.6 Å². The second-order valence-corrected chi connectivity index (χ2v) is 6.16. The lowest BCUT2D eigenvalue weighted by atomic mass is 10.0. The molecule has 1 aliphatic rings. The summed E-state index contributed by atoms with van der Waals surface area (Å²) in [5, 5.41) is 0. The number of carbonyl (C=O) groups excluding carboxylic acids is 1. The third-order valence-corrected chi connectivity index (χ3v) is 4.58. The first-order chi connectivity index (χ1) is 13.1. The van der Waals surface area contributed by atoms with Crippen LogP contribution in [0.15, 0.2) is 43.1 Å². The van der Waals surface area contributed by atoms with Crippen LogP contribution in [0.4, 0.5) is 8.78 Å². The summed E-state index contributed by atoms with van der Waals surface area (Å²) < 4.78 is 27.3. The number of aromatic nitrogens is 4. The van der Waals surface area contributed by atoms with E-state index < -0.39 is 17.7 Å². The number of halogens is 2. The van der Waals surface area contributed by atoms with Crippen molar-refractivity contribution in [2.75, 3.05) is 13.1 Å². The number of hydrogen-bond acceptors (Lipinski definition) is 5. The molecular formula is C19H15F2N5O. The van der Waals surface area contributed by atoms with Crippen LogP contribution in [0.2, 0.25) is 0 Å². The zero-order valence-electron chi connectivity index (χ0n) is 14.3. The second kappa shape index (κ2) is 7.14. The average molecular weight is 367 g/mol. The van der Waals surface area contributed by atoms with Crippen LogP contribution in [0, 0.1) is 11.8 Å². The zero-order valence-corrected chi connectivity index (χ0v) is 14.3. The topological polar surface area (TPSA) is 71.9 Å². The smallest absolute Gasteiger partial charge is 0.257 e. The lowest BCUT2D eigenvalue weighted by Gasteiger charge is -2.20. The third-order valence-electron chi connectivity index (χ3n) is 4.58. The first kappa shape index (κ1) is 17.1. The van der Waals surface area contributed by atoms with Gasteiger partial charge in [0.25, 0.3) is 5.91 Å². The van der Waals surface area contributed by atoms with E-state index in [0.29, 0.717) is 25.9 Å². The van der Waals surface area contributed by atoms with Crippen molar-refractivity contribution in [3.05, 3.63) is 71.7 Å². The predicted octanol–water partition coefficient (Wildman–Crippen LogP) is 2.45. The molecule has 1 aliphatic heterocycles. The summed E-state index contributed by atoms with van der Waals surface area (Å²) >= 11 is 0. The van der Waals surface area contributed by atoms with Crippen molar-refractivity contribution in [1.82, 2.24) is 24.8 Å². The predicted molar refractivity (Wildman–Crippen MR) is 92.7 cm³/mol. The van der Waals surface area contributed by atoms with Crippen LogP contribution >= 0.6 is 0 Å². The van der Waals surface area contributed by atoms with Crippen LogP contribution in [0.3, 0.4) is 0 Å². The van der Waals surface area contributed by atoms with E-state index in [-0.39, 0.29) is 5.56 Å². The molecule has 0 aliphatic carbocycles. The fourth-order valence-corrected chi connectivity index (χ4v) is 3.24.